The number of rotatable bonds is 11. The Hall–Kier alpha value is -3.04. The smallest absolute Gasteiger partial charge is 0.328 e. The monoisotopic (exact) mass is 547 g/mol. The predicted molar refractivity (Wildman–Crippen MR) is 131 cm³/mol. The maximum atomic E-state index is 14.4. The summed E-state index contributed by atoms with van der Waals surface area (Å²) in [4.78, 5) is 31.6. The van der Waals surface area contributed by atoms with E-state index in [2.05, 4.69) is 21.2 Å². The largest absolute Gasteiger partial charge is 0.490 e. The van der Waals surface area contributed by atoms with Gasteiger partial charge in [0, 0.05) is 27.8 Å². The van der Waals surface area contributed by atoms with Crippen LogP contribution in [0.3, 0.4) is 0 Å². The summed E-state index contributed by atoms with van der Waals surface area (Å²) in [6, 6.07) is 11.5. The van der Waals surface area contributed by atoms with E-state index in [9.17, 15) is 18.8 Å². The van der Waals surface area contributed by atoms with Gasteiger partial charge in [0.1, 0.15) is 0 Å². The molecule has 2 fully saturated rings. The zero-order valence-corrected chi connectivity index (χ0v) is 20.5. The topological polar surface area (TPSA) is 113 Å². The Bertz CT molecular complexity index is 1070. The van der Waals surface area contributed by atoms with Crippen LogP contribution in [-0.4, -0.2) is 47.6 Å². The Morgan fingerprint density at radius 2 is 1.60 bits per heavy atom. The molecule has 0 amide bonds. The van der Waals surface area contributed by atoms with Gasteiger partial charge in [-0.3, -0.25) is 4.79 Å². The molecule has 2 saturated carbocycles. The molecule has 4 rings (SSSR count). The van der Waals surface area contributed by atoms with Crippen LogP contribution in [0.1, 0.15) is 35.2 Å². The number of carbonyl (C=O) groups is 3. The van der Waals surface area contributed by atoms with Crippen LogP contribution in [0.15, 0.2) is 59.1 Å². The van der Waals surface area contributed by atoms with Crippen LogP contribution < -0.4 is 10.1 Å². The molecule has 0 saturated heterocycles. The molecule has 0 bridgehead atoms. The van der Waals surface area contributed by atoms with Gasteiger partial charge in [-0.25, -0.2) is 14.0 Å². The number of aliphatic carboxylic acids is 2. The fourth-order valence-electron chi connectivity index (χ4n) is 3.43. The summed E-state index contributed by atoms with van der Waals surface area (Å²) in [5.41, 5.74) is 0.863. The van der Waals surface area contributed by atoms with E-state index in [-0.39, 0.29) is 11.5 Å². The highest BCUT2D eigenvalue weighted by atomic mass is 79.9. The molecule has 0 heterocycles. The molecule has 186 valence electrons. The van der Waals surface area contributed by atoms with E-state index in [1.54, 1.807) is 36.4 Å². The van der Waals surface area contributed by atoms with E-state index in [1.807, 2.05) is 0 Å². The fourth-order valence-corrected chi connectivity index (χ4v) is 3.69. The Kier molecular flexibility index (Phi) is 9.56. The summed E-state index contributed by atoms with van der Waals surface area (Å²) in [5, 5.41) is 19.1. The lowest BCUT2D eigenvalue weighted by atomic mass is 10.0. The van der Waals surface area contributed by atoms with Crippen molar-refractivity contribution in [3.63, 3.8) is 0 Å². The van der Waals surface area contributed by atoms with Gasteiger partial charge < -0.3 is 20.3 Å². The Morgan fingerprint density at radius 3 is 2.17 bits per heavy atom. The molecule has 0 radical (unpaired) electrons. The first-order chi connectivity index (χ1) is 16.7. The molecule has 7 nitrogen and oxygen atoms in total. The van der Waals surface area contributed by atoms with Crippen LogP contribution in [0, 0.1) is 23.6 Å². The normalized spacial score (nSPS) is 18.5. The van der Waals surface area contributed by atoms with Gasteiger partial charge in [-0.2, -0.15) is 0 Å². The van der Waals surface area contributed by atoms with Crippen LogP contribution in [0.4, 0.5) is 4.39 Å². The number of carboxylic acid groups (broad SMARTS) is 2. The quantitative estimate of drug-likeness (QED) is 0.279. The Labute approximate surface area is 211 Å². The second-order valence-corrected chi connectivity index (χ2v) is 9.58. The van der Waals surface area contributed by atoms with Gasteiger partial charge in [0.05, 0.1) is 6.61 Å². The molecule has 35 heavy (non-hydrogen) atoms. The van der Waals surface area contributed by atoms with E-state index in [4.69, 9.17) is 14.9 Å². The highest BCUT2D eigenvalue weighted by molar-refractivity contribution is 9.10. The molecule has 2 atom stereocenters. The van der Waals surface area contributed by atoms with Crippen molar-refractivity contribution in [1.29, 1.82) is 0 Å². The number of halogens is 2. The Morgan fingerprint density at radius 1 is 0.971 bits per heavy atom. The van der Waals surface area contributed by atoms with Gasteiger partial charge in [-0.1, -0.05) is 15.9 Å². The van der Waals surface area contributed by atoms with Gasteiger partial charge in [0.25, 0.3) is 0 Å². The molecule has 9 heteroatoms. The van der Waals surface area contributed by atoms with E-state index in [0.717, 1.165) is 29.9 Å². The SMILES string of the molecule is O=C(O)/C=C/C(=O)O.O=C(c1ccc(Br)cc1)c1ccc(OCC2CC2CNCC2CC2)c(F)c1. The molecular weight excluding hydrogens is 521 g/mol. The summed E-state index contributed by atoms with van der Waals surface area (Å²) in [5.74, 6) is -0.936. The standard InChI is InChI=1S/C22H23BrFNO2.C4H4O4/c23-19-6-3-15(4-7-19)22(26)16-5-8-21(20(24)10-16)27-13-18-9-17(18)12-25-11-14-1-2-14;5-3(6)1-2-4(7)8/h3-8,10,14,17-18,25H,1-2,9,11-13H2;1-2H,(H,5,6)(H,7,8)/b;2-1+. The van der Waals surface area contributed by atoms with Crippen molar-refractivity contribution in [2.75, 3.05) is 19.7 Å². The van der Waals surface area contributed by atoms with Crippen LogP contribution in [-0.2, 0) is 9.59 Å². The third kappa shape index (κ3) is 9.26. The molecule has 0 spiro atoms. The fraction of sp³-hybridized carbons (Fsp3) is 0.346. The number of ether oxygens (including phenoxy) is 1. The molecule has 2 unspecified atom stereocenters. The van der Waals surface area contributed by atoms with Crippen molar-refractivity contribution in [2.24, 2.45) is 17.8 Å². The molecule has 2 aromatic carbocycles. The third-order valence-electron chi connectivity index (χ3n) is 5.73. The molecule has 2 aromatic rings. The molecule has 0 aliphatic heterocycles. The molecule has 2 aliphatic rings. The first-order valence-electron chi connectivity index (χ1n) is 11.3. The average molecular weight is 548 g/mol. The zero-order valence-electron chi connectivity index (χ0n) is 19.0. The minimum atomic E-state index is -1.26. The number of ketones is 1. The second-order valence-electron chi connectivity index (χ2n) is 8.66. The van der Waals surface area contributed by atoms with Crippen molar-refractivity contribution in [2.45, 2.75) is 19.3 Å². The second kappa shape index (κ2) is 12.6. The van der Waals surface area contributed by atoms with E-state index in [0.29, 0.717) is 41.7 Å². The van der Waals surface area contributed by atoms with Gasteiger partial charge in [0.15, 0.2) is 17.3 Å². The summed E-state index contributed by atoms with van der Waals surface area (Å²) in [6.07, 6.45) is 4.98. The number of carbonyl (C=O) groups excluding carboxylic acids is 1. The minimum absolute atomic E-state index is 0.197. The van der Waals surface area contributed by atoms with Crippen molar-refractivity contribution >= 4 is 33.7 Å². The lowest BCUT2D eigenvalue weighted by Crippen LogP contribution is -2.20. The number of benzene rings is 2. The highest BCUT2D eigenvalue weighted by Crippen LogP contribution is 2.38. The number of nitrogens with one attached hydrogen (secondary N) is 1. The maximum absolute atomic E-state index is 14.4. The van der Waals surface area contributed by atoms with Crippen molar-refractivity contribution in [3.8, 4) is 5.75 Å². The predicted octanol–water partition coefficient (Wildman–Crippen LogP) is 4.55. The number of carboxylic acids is 2. The summed E-state index contributed by atoms with van der Waals surface area (Å²) in [7, 11) is 0. The van der Waals surface area contributed by atoms with Gasteiger partial charge in [-0.15, -0.1) is 0 Å². The van der Waals surface area contributed by atoms with Crippen LogP contribution in [0.5, 0.6) is 5.75 Å². The molecule has 2 aliphatic carbocycles. The molecule has 0 aromatic heterocycles. The summed E-state index contributed by atoms with van der Waals surface area (Å²) < 4.78 is 20.9. The highest BCUT2D eigenvalue weighted by Gasteiger charge is 2.37. The number of hydrogen-bond acceptors (Lipinski definition) is 5. The van der Waals surface area contributed by atoms with E-state index >= 15 is 0 Å². The first kappa shape index (κ1) is 26.6. The van der Waals surface area contributed by atoms with Crippen LogP contribution >= 0.6 is 15.9 Å². The molecule has 3 N–H and O–H groups in total. The van der Waals surface area contributed by atoms with Gasteiger partial charge >= 0.3 is 11.9 Å². The van der Waals surface area contributed by atoms with E-state index in [1.165, 1.54) is 18.9 Å². The third-order valence-corrected chi connectivity index (χ3v) is 6.26. The molecular formula is C26H27BrFNO6. The zero-order chi connectivity index (χ0) is 25.4. The van der Waals surface area contributed by atoms with E-state index < -0.39 is 17.8 Å². The number of hydrogen-bond donors (Lipinski definition) is 3. The van der Waals surface area contributed by atoms with Gasteiger partial charge in [-0.05, 0) is 92.6 Å². The first-order valence-corrected chi connectivity index (χ1v) is 12.1. The van der Waals surface area contributed by atoms with Crippen molar-refractivity contribution < 1.29 is 33.7 Å². The average Bonchev–Trinajstić information content (AvgIpc) is 3.75. The summed E-state index contributed by atoms with van der Waals surface area (Å²) in [6.45, 7) is 2.70. The lowest BCUT2D eigenvalue weighted by Gasteiger charge is -2.09. The lowest BCUT2D eigenvalue weighted by molar-refractivity contribution is -0.134. The van der Waals surface area contributed by atoms with Crippen LogP contribution in [0.2, 0.25) is 0 Å². The van der Waals surface area contributed by atoms with Crippen molar-refractivity contribution in [1.82, 2.24) is 5.32 Å². The maximum Gasteiger partial charge on any atom is 0.328 e. The minimum Gasteiger partial charge on any atom is -0.490 e. The van der Waals surface area contributed by atoms with Gasteiger partial charge in [0.2, 0.25) is 0 Å². The summed E-state index contributed by atoms with van der Waals surface area (Å²) >= 11 is 3.34. The van der Waals surface area contributed by atoms with Crippen LogP contribution in [0.25, 0.3) is 0 Å². The van der Waals surface area contributed by atoms with Crippen molar-refractivity contribution in [3.05, 3.63) is 76.0 Å². The Balaban J connectivity index is 0.000000371.